The van der Waals surface area contributed by atoms with E-state index in [1.54, 1.807) is 11.8 Å². The van der Waals surface area contributed by atoms with Crippen LogP contribution in [0.15, 0.2) is 0 Å². The number of rotatable bonds is 3. The molecule has 1 heterocycles. The molecule has 1 rings (SSSR count). The van der Waals surface area contributed by atoms with Crippen molar-refractivity contribution in [2.45, 2.75) is 51.4 Å². The summed E-state index contributed by atoms with van der Waals surface area (Å²) >= 11 is 0. The van der Waals surface area contributed by atoms with Crippen LogP contribution in [0.5, 0.6) is 0 Å². The highest BCUT2D eigenvalue weighted by molar-refractivity contribution is 5.85. The van der Waals surface area contributed by atoms with E-state index in [1.165, 1.54) is 0 Å². The maximum absolute atomic E-state index is 12.3. The van der Waals surface area contributed by atoms with Crippen LogP contribution < -0.4 is 5.73 Å². The number of ether oxygens (including phenoxy) is 1. The van der Waals surface area contributed by atoms with Crippen LogP contribution in [0, 0.1) is 0 Å². The summed E-state index contributed by atoms with van der Waals surface area (Å²) in [7, 11) is 0. The number of carbonyl (C=O) groups is 1. The van der Waals surface area contributed by atoms with Crippen molar-refractivity contribution >= 4 is 5.91 Å². The van der Waals surface area contributed by atoms with Crippen LogP contribution in [0.2, 0.25) is 0 Å². The molecule has 1 aliphatic heterocycles. The predicted octanol–water partition coefficient (Wildman–Crippen LogP) is 0.112. The topological polar surface area (TPSA) is 75.8 Å². The molecule has 2 atom stereocenters. The zero-order valence-electron chi connectivity index (χ0n) is 11.2. The summed E-state index contributed by atoms with van der Waals surface area (Å²) < 4.78 is 5.66. The molecular weight excluding hydrogens is 220 g/mol. The molecule has 0 aromatic carbocycles. The van der Waals surface area contributed by atoms with Crippen molar-refractivity contribution in [2.24, 2.45) is 5.73 Å². The summed E-state index contributed by atoms with van der Waals surface area (Å²) in [6.07, 6.45) is 0.267. The zero-order valence-corrected chi connectivity index (χ0v) is 11.2. The van der Waals surface area contributed by atoms with E-state index in [1.807, 2.05) is 20.8 Å². The average Bonchev–Trinajstić information content (AvgIpc) is 2.25. The van der Waals surface area contributed by atoms with E-state index in [-0.39, 0.29) is 18.6 Å². The van der Waals surface area contributed by atoms with E-state index < -0.39 is 11.1 Å². The van der Waals surface area contributed by atoms with Crippen LogP contribution in [0.1, 0.15) is 34.1 Å². The molecule has 1 fully saturated rings. The first-order chi connectivity index (χ1) is 7.72. The Morgan fingerprint density at radius 3 is 2.71 bits per heavy atom. The minimum atomic E-state index is -0.840. The number of aliphatic hydroxyl groups excluding tert-OH is 1. The Morgan fingerprint density at radius 1 is 1.65 bits per heavy atom. The molecule has 5 nitrogen and oxygen atoms in total. The number of nitrogens with zero attached hydrogens (tertiary/aromatic N) is 1. The van der Waals surface area contributed by atoms with Gasteiger partial charge in [0.25, 0.3) is 0 Å². The molecule has 0 saturated carbocycles. The summed E-state index contributed by atoms with van der Waals surface area (Å²) in [5.41, 5.74) is 4.69. The third-order valence-corrected chi connectivity index (χ3v) is 3.20. The van der Waals surface area contributed by atoms with Gasteiger partial charge in [-0.05, 0) is 27.2 Å². The Morgan fingerprint density at radius 2 is 2.24 bits per heavy atom. The summed E-state index contributed by atoms with van der Waals surface area (Å²) in [4.78, 5) is 14.0. The van der Waals surface area contributed by atoms with Gasteiger partial charge < -0.3 is 20.5 Å². The van der Waals surface area contributed by atoms with Crippen molar-refractivity contribution in [2.75, 3.05) is 19.7 Å². The van der Waals surface area contributed by atoms with Gasteiger partial charge in [0.1, 0.15) is 0 Å². The van der Waals surface area contributed by atoms with Gasteiger partial charge in [0.2, 0.25) is 5.91 Å². The van der Waals surface area contributed by atoms with Gasteiger partial charge in [0, 0.05) is 13.1 Å². The molecule has 5 heteroatoms. The van der Waals surface area contributed by atoms with E-state index in [4.69, 9.17) is 10.5 Å². The molecule has 2 unspecified atom stereocenters. The summed E-state index contributed by atoms with van der Waals surface area (Å²) in [5.74, 6) is -0.0742. The fourth-order valence-electron chi connectivity index (χ4n) is 2.06. The normalized spacial score (nSPS) is 27.6. The second-order valence-corrected chi connectivity index (χ2v) is 5.64. The molecule has 1 aliphatic rings. The van der Waals surface area contributed by atoms with Gasteiger partial charge in [0.05, 0.1) is 23.9 Å². The summed E-state index contributed by atoms with van der Waals surface area (Å²) in [5, 5.41) is 9.19. The van der Waals surface area contributed by atoms with Gasteiger partial charge in [-0.2, -0.15) is 0 Å². The molecule has 0 aromatic rings. The number of hydrogen-bond donors (Lipinski definition) is 2. The molecule has 1 saturated heterocycles. The first-order valence-corrected chi connectivity index (χ1v) is 6.09. The van der Waals surface area contributed by atoms with E-state index in [9.17, 15) is 9.90 Å². The van der Waals surface area contributed by atoms with Crippen molar-refractivity contribution < 1.29 is 14.6 Å². The second kappa shape index (κ2) is 4.92. The molecule has 17 heavy (non-hydrogen) atoms. The molecule has 100 valence electrons. The highest BCUT2D eigenvalue weighted by atomic mass is 16.5. The lowest BCUT2D eigenvalue weighted by atomic mass is 9.96. The molecular formula is C12H24N2O3. The average molecular weight is 244 g/mol. The minimum absolute atomic E-state index is 0.0742. The fraction of sp³-hybridized carbons (Fsp3) is 0.917. The van der Waals surface area contributed by atoms with Gasteiger partial charge >= 0.3 is 0 Å². The first-order valence-electron chi connectivity index (χ1n) is 6.09. The van der Waals surface area contributed by atoms with Crippen LogP contribution in [0.25, 0.3) is 0 Å². The van der Waals surface area contributed by atoms with E-state index in [0.29, 0.717) is 19.5 Å². The van der Waals surface area contributed by atoms with Crippen LogP contribution in [-0.2, 0) is 9.53 Å². The van der Waals surface area contributed by atoms with Crippen LogP contribution in [0.3, 0.4) is 0 Å². The highest BCUT2D eigenvalue weighted by Crippen LogP contribution is 2.23. The van der Waals surface area contributed by atoms with Crippen LogP contribution >= 0.6 is 0 Å². The third-order valence-electron chi connectivity index (χ3n) is 3.20. The zero-order chi connectivity index (χ0) is 13.3. The Hall–Kier alpha value is -0.650. The number of carbonyl (C=O) groups excluding carboxylic acids is 1. The van der Waals surface area contributed by atoms with Gasteiger partial charge in [0.15, 0.2) is 0 Å². The van der Waals surface area contributed by atoms with Crippen molar-refractivity contribution in [1.29, 1.82) is 0 Å². The number of morpholine rings is 1. The molecule has 0 radical (unpaired) electrons. The number of nitrogens with two attached hydrogens (primary N) is 1. The maximum Gasteiger partial charge on any atom is 0.242 e. The SMILES string of the molecule is CCC(C)(N)C(=O)N1CC(CO)OC(C)(C)C1. The van der Waals surface area contributed by atoms with Crippen molar-refractivity contribution in [3.05, 3.63) is 0 Å². The molecule has 1 amide bonds. The van der Waals surface area contributed by atoms with E-state index >= 15 is 0 Å². The quantitative estimate of drug-likeness (QED) is 0.739. The predicted molar refractivity (Wildman–Crippen MR) is 65.5 cm³/mol. The summed E-state index contributed by atoms with van der Waals surface area (Å²) in [6, 6.07) is 0. The Labute approximate surface area is 103 Å². The lowest BCUT2D eigenvalue weighted by Crippen LogP contribution is -2.61. The third kappa shape index (κ3) is 3.40. The molecule has 0 aromatic heterocycles. The molecule has 3 N–H and O–H groups in total. The number of hydrogen-bond acceptors (Lipinski definition) is 4. The number of aliphatic hydroxyl groups is 1. The van der Waals surface area contributed by atoms with Gasteiger partial charge in [-0.3, -0.25) is 4.79 Å². The van der Waals surface area contributed by atoms with Gasteiger partial charge in [-0.15, -0.1) is 0 Å². The fourth-order valence-corrected chi connectivity index (χ4v) is 2.06. The smallest absolute Gasteiger partial charge is 0.242 e. The summed E-state index contributed by atoms with van der Waals surface area (Å²) in [6.45, 7) is 8.30. The van der Waals surface area contributed by atoms with Crippen molar-refractivity contribution in [3.8, 4) is 0 Å². The second-order valence-electron chi connectivity index (χ2n) is 5.64. The van der Waals surface area contributed by atoms with Crippen molar-refractivity contribution in [3.63, 3.8) is 0 Å². The monoisotopic (exact) mass is 244 g/mol. The lowest BCUT2D eigenvalue weighted by molar-refractivity contribution is -0.170. The van der Waals surface area contributed by atoms with Crippen LogP contribution in [-0.4, -0.2) is 52.9 Å². The Balaban J connectivity index is 2.80. The molecule has 0 aliphatic carbocycles. The highest BCUT2D eigenvalue weighted by Gasteiger charge is 2.39. The Kier molecular flexibility index (Phi) is 4.17. The number of amides is 1. The maximum atomic E-state index is 12.3. The lowest BCUT2D eigenvalue weighted by Gasteiger charge is -2.44. The van der Waals surface area contributed by atoms with Crippen LogP contribution in [0.4, 0.5) is 0 Å². The van der Waals surface area contributed by atoms with Gasteiger partial charge in [-0.25, -0.2) is 0 Å². The van der Waals surface area contributed by atoms with Crippen molar-refractivity contribution in [1.82, 2.24) is 4.90 Å². The molecule has 0 bridgehead atoms. The van der Waals surface area contributed by atoms with Gasteiger partial charge in [-0.1, -0.05) is 6.92 Å². The minimum Gasteiger partial charge on any atom is -0.394 e. The van der Waals surface area contributed by atoms with E-state index in [0.717, 1.165) is 0 Å². The standard InChI is InChI=1S/C12H24N2O3/c1-5-12(4,13)10(16)14-6-9(7-15)17-11(2,3)8-14/h9,15H,5-8,13H2,1-4H3. The Bertz CT molecular complexity index is 289. The first kappa shape index (κ1) is 14.4. The van der Waals surface area contributed by atoms with E-state index in [2.05, 4.69) is 0 Å². The molecule has 0 spiro atoms. The largest absolute Gasteiger partial charge is 0.394 e.